The normalized spacial score (nSPS) is 11.1. The molecule has 0 heterocycles. The van der Waals surface area contributed by atoms with Gasteiger partial charge >= 0.3 is 12.3 Å². The van der Waals surface area contributed by atoms with E-state index in [4.69, 9.17) is 10.00 Å². The van der Waals surface area contributed by atoms with E-state index in [1.807, 2.05) is 13.8 Å². The Labute approximate surface area is 114 Å². The second-order valence-electron chi connectivity index (χ2n) is 4.49. The van der Waals surface area contributed by atoms with Crippen LogP contribution in [0.5, 0.6) is 0 Å². The Morgan fingerprint density at radius 1 is 1.45 bits per heavy atom. The average molecular weight is 286 g/mol. The second kappa shape index (κ2) is 6.28. The Hall–Kier alpha value is -2.23. The number of nitrogens with zero attached hydrogens (tertiary/aromatic N) is 1. The van der Waals surface area contributed by atoms with E-state index < -0.39 is 17.8 Å². The molecule has 0 atom stereocenters. The molecule has 4 nitrogen and oxygen atoms in total. The molecule has 1 amide bonds. The molecule has 0 spiro atoms. The number of benzene rings is 1. The highest BCUT2D eigenvalue weighted by atomic mass is 19.4. The van der Waals surface area contributed by atoms with Crippen molar-refractivity contribution >= 4 is 11.8 Å². The fourth-order valence-corrected chi connectivity index (χ4v) is 1.31. The van der Waals surface area contributed by atoms with Gasteiger partial charge in [0, 0.05) is 0 Å². The first-order valence-corrected chi connectivity index (χ1v) is 5.79. The van der Waals surface area contributed by atoms with Crippen LogP contribution in [-0.2, 0) is 10.9 Å². The quantitative estimate of drug-likeness (QED) is 0.919. The van der Waals surface area contributed by atoms with Crippen LogP contribution in [-0.4, -0.2) is 12.7 Å². The SMILES string of the molecule is CC(C)COC(=O)Nc1ccc(C(F)(F)F)cc1C#N. The molecule has 20 heavy (non-hydrogen) atoms. The molecule has 1 aromatic rings. The van der Waals surface area contributed by atoms with Gasteiger partial charge in [-0.2, -0.15) is 18.4 Å². The Bertz CT molecular complexity index is 533. The Kier molecular flexibility index (Phi) is 4.97. The van der Waals surface area contributed by atoms with Gasteiger partial charge in [0.05, 0.1) is 23.4 Å². The summed E-state index contributed by atoms with van der Waals surface area (Å²) in [7, 11) is 0. The van der Waals surface area contributed by atoms with E-state index in [1.54, 1.807) is 6.07 Å². The molecule has 0 aliphatic rings. The molecule has 0 aliphatic heterocycles. The molecule has 0 aromatic heterocycles. The summed E-state index contributed by atoms with van der Waals surface area (Å²) in [6.07, 6.45) is -5.35. The molecular formula is C13H13F3N2O2. The zero-order chi connectivity index (χ0) is 15.3. The summed E-state index contributed by atoms with van der Waals surface area (Å²) in [5.41, 5.74) is -1.24. The largest absolute Gasteiger partial charge is 0.449 e. The first-order chi connectivity index (χ1) is 9.24. The van der Waals surface area contributed by atoms with Crippen molar-refractivity contribution in [3.8, 4) is 6.07 Å². The van der Waals surface area contributed by atoms with Gasteiger partial charge in [0.2, 0.25) is 0 Å². The second-order valence-corrected chi connectivity index (χ2v) is 4.49. The number of nitrogens with one attached hydrogen (secondary N) is 1. The number of anilines is 1. The number of alkyl halides is 3. The summed E-state index contributed by atoms with van der Waals surface area (Å²) in [6, 6.07) is 4.10. The van der Waals surface area contributed by atoms with Gasteiger partial charge in [-0.25, -0.2) is 4.79 Å². The lowest BCUT2D eigenvalue weighted by Gasteiger charge is -2.12. The molecule has 0 saturated heterocycles. The van der Waals surface area contributed by atoms with Crippen LogP contribution in [0.25, 0.3) is 0 Å². The molecule has 0 fully saturated rings. The molecule has 1 rings (SSSR count). The summed E-state index contributed by atoms with van der Waals surface area (Å²) in [5, 5.41) is 11.1. The summed E-state index contributed by atoms with van der Waals surface area (Å²) in [4.78, 5) is 11.4. The maximum absolute atomic E-state index is 12.5. The van der Waals surface area contributed by atoms with Crippen molar-refractivity contribution in [2.45, 2.75) is 20.0 Å². The molecule has 1 N–H and O–H groups in total. The summed E-state index contributed by atoms with van der Waals surface area (Å²) >= 11 is 0. The van der Waals surface area contributed by atoms with Gasteiger partial charge in [-0.05, 0) is 24.1 Å². The van der Waals surface area contributed by atoms with Crippen LogP contribution in [0.1, 0.15) is 25.0 Å². The fraction of sp³-hybridized carbons (Fsp3) is 0.385. The summed E-state index contributed by atoms with van der Waals surface area (Å²) in [6.45, 7) is 3.85. The number of ether oxygens (including phenoxy) is 1. The molecule has 0 bridgehead atoms. The molecular weight excluding hydrogens is 273 g/mol. The van der Waals surface area contributed by atoms with Crippen LogP contribution in [0, 0.1) is 17.2 Å². The van der Waals surface area contributed by atoms with Gasteiger partial charge in [-0.15, -0.1) is 0 Å². The monoisotopic (exact) mass is 286 g/mol. The van der Waals surface area contributed by atoms with E-state index in [0.717, 1.165) is 12.1 Å². The van der Waals surface area contributed by atoms with Gasteiger partial charge in [-0.1, -0.05) is 13.8 Å². The summed E-state index contributed by atoms with van der Waals surface area (Å²) in [5.74, 6) is 0.129. The molecule has 7 heteroatoms. The van der Waals surface area contributed by atoms with Crippen molar-refractivity contribution in [3.63, 3.8) is 0 Å². The number of hydrogen-bond donors (Lipinski definition) is 1. The van der Waals surface area contributed by atoms with E-state index in [1.165, 1.54) is 0 Å². The number of amides is 1. The van der Waals surface area contributed by atoms with Gasteiger partial charge in [0.15, 0.2) is 0 Å². The Morgan fingerprint density at radius 3 is 2.60 bits per heavy atom. The standard InChI is InChI=1S/C13H13F3N2O2/c1-8(2)7-20-12(19)18-11-4-3-10(13(14,15)16)5-9(11)6-17/h3-5,8H,7H2,1-2H3,(H,18,19). The van der Waals surface area contributed by atoms with E-state index in [2.05, 4.69) is 5.32 Å². The van der Waals surface area contributed by atoms with Crippen molar-refractivity contribution in [1.82, 2.24) is 0 Å². The number of hydrogen-bond acceptors (Lipinski definition) is 3. The maximum Gasteiger partial charge on any atom is 0.416 e. The summed E-state index contributed by atoms with van der Waals surface area (Å²) < 4.78 is 42.3. The molecule has 0 unspecified atom stereocenters. The van der Waals surface area contributed by atoms with E-state index in [9.17, 15) is 18.0 Å². The molecule has 108 valence electrons. The molecule has 0 radical (unpaired) electrons. The van der Waals surface area contributed by atoms with Crippen molar-refractivity contribution < 1.29 is 22.7 Å². The highest BCUT2D eigenvalue weighted by molar-refractivity contribution is 5.86. The minimum atomic E-state index is -4.54. The highest BCUT2D eigenvalue weighted by Crippen LogP contribution is 2.31. The number of carbonyl (C=O) groups is 1. The van der Waals surface area contributed by atoms with E-state index in [0.29, 0.717) is 6.07 Å². The van der Waals surface area contributed by atoms with Crippen molar-refractivity contribution in [2.24, 2.45) is 5.92 Å². The number of carbonyl (C=O) groups excluding carboxylic acids is 1. The third-order valence-electron chi connectivity index (χ3n) is 2.25. The van der Waals surface area contributed by atoms with Gasteiger partial charge in [0.1, 0.15) is 6.07 Å². The fourth-order valence-electron chi connectivity index (χ4n) is 1.31. The minimum Gasteiger partial charge on any atom is -0.449 e. The Morgan fingerprint density at radius 2 is 2.10 bits per heavy atom. The number of halogens is 3. The van der Waals surface area contributed by atoms with Crippen molar-refractivity contribution in [2.75, 3.05) is 11.9 Å². The van der Waals surface area contributed by atoms with Gasteiger partial charge < -0.3 is 4.74 Å². The van der Waals surface area contributed by atoms with Gasteiger partial charge in [-0.3, -0.25) is 5.32 Å². The predicted octanol–water partition coefficient (Wildman–Crippen LogP) is 3.78. The van der Waals surface area contributed by atoms with Crippen LogP contribution in [0.2, 0.25) is 0 Å². The topological polar surface area (TPSA) is 62.1 Å². The van der Waals surface area contributed by atoms with Crippen LogP contribution in [0.15, 0.2) is 18.2 Å². The third kappa shape index (κ3) is 4.46. The van der Waals surface area contributed by atoms with Crippen LogP contribution in [0.4, 0.5) is 23.7 Å². The number of rotatable bonds is 3. The maximum atomic E-state index is 12.5. The Balaban J connectivity index is 2.87. The highest BCUT2D eigenvalue weighted by Gasteiger charge is 2.31. The van der Waals surface area contributed by atoms with E-state index in [-0.39, 0.29) is 23.8 Å². The molecule has 0 saturated carbocycles. The zero-order valence-electron chi connectivity index (χ0n) is 10.9. The first-order valence-electron chi connectivity index (χ1n) is 5.79. The van der Waals surface area contributed by atoms with E-state index >= 15 is 0 Å². The van der Waals surface area contributed by atoms with Crippen LogP contribution < -0.4 is 5.32 Å². The third-order valence-corrected chi connectivity index (χ3v) is 2.25. The lowest BCUT2D eigenvalue weighted by atomic mass is 10.1. The molecule has 0 aliphatic carbocycles. The molecule has 1 aromatic carbocycles. The van der Waals surface area contributed by atoms with Crippen LogP contribution in [0.3, 0.4) is 0 Å². The van der Waals surface area contributed by atoms with Crippen LogP contribution >= 0.6 is 0 Å². The zero-order valence-corrected chi connectivity index (χ0v) is 10.9. The lowest BCUT2D eigenvalue weighted by Crippen LogP contribution is -2.17. The smallest absolute Gasteiger partial charge is 0.416 e. The van der Waals surface area contributed by atoms with Gasteiger partial charge in [0.25, 0.3) is 0 Å². The van der Waals surface area contributed by atoms with Crippen molar-refractivity contribution in [1.29, 1.82) is 5.26 Å². The average Bonchev–Trinajstić information content (AvgIpc) is 2.35. The lowest BCUT2D eigenvalue weighted by molar-refractivity contribution is -0.137. The number of nitriles is 1. The first kappa shape index (κ1) is 15.8. The predicted molar refractivity (Wildman–Crippen MR) is 66.0 cm³/mol. The minimum absolute atomic E-state index is 0.0192. The van der Waals surface area contributed by atoms with Crippen molar-refractivity contribution in [3.05, 3.63) is 29.3 Å².